The number of aliphatic carboxylic acids is 1. The minimum absolute atomic E-state index is 0. The Morgan fingerprint density at radius 1 is 1.50 bits per heavy atom. The molecule has 78 valence electrons. The highest BCUT2D eigenvalue weighted by molar-refractivity contribution is 5.85. The number of carboxylic acid groups (broad SMARTS) is 1. The topological polar surface area (TPSA) is 83.5 Å². The van der Waals surface area contributed by atoms with Crippen LogP contribution in [0, 0.1) is 0 Å². The van der Waals surface area contributed by atoms with Crippen LogP contribution in [0.25, 0.3) is 0 Å². The molecule has 4 N–H and O–H groups in total. The Balaban J connectivity index is 0.00000196. The van der Waals surface area contributed by atoms with E-state index in [2.05, 4.69) is 0 Å². The number of halogens is 1. The highest BCUT2D eigenvalue weighted by Gasteiger charge is 2.11. The van der Waals surface area contributed by atoms with Crippen LogP contribution in [0.5, 0.6) is 5.75 Å². The van der Waals surface area contributed by atoms with Crippen molar-refractivity contribution in [3.63, 3.8) is 0 Å². The van der Waals surface area contributed by atoms with Gasteiger partial charge in [0.2, 0.25) is 0 Å². The number of phenolic OH excluding ortho intramolecular Hbond substituents is 1. The Kier molecular flexibility index (Phi) is 4.22. The summed E-state index contributed by atoms with van der Waals surface area (Å²) in [4.78, 5) is 10.5. The van der Waals surface area contributed by atoms with Gasteiger partial charge >= 0.3 is 5.97 Å². The molecule has 1 aromatic carbocycles. The smallest absolute Gasteiger partial charge is 0.320 e. The molecule has 0 bridgehead atoms. The van der Waals surface area contributed by atoms with Gasteiger partial charge in [-0.1, -0.05) is 12.1 Å². The first-order valence-corrected chi connectivity index (χ1v) is 3.72. The summed E-state index contributed by atoms with van der Waals surface area (Å²) < 4.78 is 7.53. The third-order valence-electron chi connectivity index (χ3n) is 1.55. The van der Waals surface area contributed by atoms with E-state index >= 15 is 0 Å². The van der Waals surface area contributed by atoms with Gasteiger partial charge in [-0.3, -0.25) is 4.79 Å². The lowest BCUT2D eigenvalue weighted by atomic mass is 10.1. The van der Waals surface area contributed by atoms with Crippen molar-refractivity contribution in [2.24, 2.45) is 5.73 Å². The molecular weight excluding hydrogens is 207 g/mol. The normalized spacial score (nSPS) is 14.8. The van der Waals surface area contributed by atoms with Gasteiger partial charge in [-0.05, 0) is 24.1 Å². The Morgan fingerprint density at radius 2 is 2.00 bits per heavy atom. The molecule has 0 radical (unpaired) electrons. The summed E-state index contributed by atoms with van der Waals surface area (Å²) in [7, 11) is 0. The summed E-state index contributed by atoms with van der Waals surface area (Å²) in [6.45, 7) is 0. The zero-order chi connectivity index (χ0) is 10.7. The van der Waals surface area contributed by atoms with Crippen LogP contribution in [0.4, 0.5) is 0 Å². The van der Waals surface area contributed by atoms with Crippen molar-refractivity contribution in [2.45, 2.75) is 12.4 Å². The number of hydrogen-bond donors (Lipinski definition) is 3. The molecule has 0 amide bonds. The zero-order valence-corrected chi connectivity index (χ0v) is 8.07. The number of aromatic hydroxyl groups is 1. The van der Waals surface area contributed by atoms with E-state index in [-0.39, 0.29) is 18.2 Å². The van der Waals surface area contributed by atoms with Crippen LogP contribution in [-0.4, -0.2) is 22.2 Å². The van der Waals surface area contributed by atoms with Crippen molar-refractivity contribution in [3.8, 4) is 5.75 Å². The Morgan fingerprint density at radius 3 is 2.43 bits per heavy atom. The Bertz CT molecular complexity index is 331. The van der Waals surface area contributed by atoms with Gasteiger partial charge in [0.25, 0.3) is 0 Å². The van der Waals surface area contributed by atoms with E-state index in [0.29, 0.717) is 5.56 Å². The number of benzene rings is 1. The fourth-order valence-corrected chi connectivity index (χ4v) is 0.864. The molecule has 0 fully saturated rings. The second-order valence-electron chi connectivity index (χ2n) is 2.62. The molecule has 2 atom stereocenters. The van der Waals surface area contributed by atoms with Crippen LogP contribution in [0.2, 0.25) is 0 Å². The molecule has 14 heavy (non-hydrogen) atoms. The highest BCUT2D eigenvalue weighted by Crippen LogP contribution is 2.10. The van der Waals surface area contributed by atoms with E-state index in [1.807, 2.05) is 0 Å². The second-order valence-corrected chi connectivity index (χ2v) is 2.62. The molecular formula is C9H12ClNO3. The van der Waals surface area contributed by atoms with Gasteiger partial charge in [0.05, 0.1) is 0 Å². The Labute approximate surface area is 89.2 Å². The van der Waals surface area contributed by atoms with Crippen LogP contribution in [0.3, 0.4) is 0 Å². The van der Waals surface area contributed by atoms with Gasteiger partial charge in [0, 0.05) is 1.37 Å². The largest absolute Gasteiger partial charge is 0.508 e. The Hall–Kier alpha value is -1.26. The number of hydrogen-bond acceptors (Lipinski definition) is 3. The van der Waals surface area contributed by atoms with E-state index in [9.17, 15) is 4.79 Å². The first-order chi connectivity index (χ1) is 6.52. The minimum atomic E-state index is -1.25. The van der Waals surface area contributed by atoms with Gasteiger partial charge in [-0.2, -0.15) is 0 Å². The van der Waals surface area contributed by atoms with E-state index in [1.54, 1.807) is 0 Å². The van der Waals surface area contributed by atoms with Gasteiger partial charge in [-0.15, -0.1) is 12.4 Å². The number of nitrogens with two attached hydrogens (primary N) is 1. The fourth-order valence-electron chi connectivity index (χ4n) is 0.864. The summed E-state index contributed by atoms with van der Waals surface area (Å²) in [5, 5.41) is 17.6. The van der Waals surface area contributed by atoms with Crippen molar-refractivity contribution >= 4 is 18.4 Å². The molecule has 0 saturated carbocycles. The number of carbonyl (C=O) groups is 1. The predicted octanol–water partition coefficient (Wildman–Crippen LogP) is 0.768. The first-order valence-electron chi connectivity index (χ1n) is 4.29. The van der Waals surface area contributed by atoms with Gasteiger partial charge in [0.15, 0.2) is 0 Å². The molecule has 1 rings (SSSR count). The zero-order valence-electron chi connectivity index (χ0n) is 8.25. The summed E-state index contributed by atoms with van der Waals surface area (Å²) in [5.74, 6) is -1.14. The molecule has 0 saturated heterocycles. The average molecular weight is 220 g/mol. The average Bonchev–Trinajstić information content (AvgIpc) is 2.16. The minimum Gasteiger partial charge on any atom is -0.508 e. The summed E-state index contributed by atoms with van der Waals surface area (Å²) >= 11 is 0. The van der Waals surface area contributed by atoms with Crippen molar-refractivity contribution in [1.82, 2.24) is 0 Å². The highest BCUT2D eigenvalue weighted by atomic mass is 35.5. The van der Waals surface area contributed by atoms with Crippen molar-refractivity contribution in [2.75, 3.05) is 0 Å². The standard InChI is InChI=1S/C9H11NO3.ClH/c10-8(9(12)13)5-6-1-3-7(11)4-2-6;/h1-4,8,11H,5,10H2,(H,12,13);1H/t8-;/m0./s1/i5D,10+1;/t5-,8-;. The third-order valence-corrected chi connectivity index (χ3v) is 1.55. The summed E-state index contributed by atoms with van der Waals surface area (Å²) in [6.07, 6.45) is -1.02. The maximum Gasteiger partial charge on any atom is 0.320 e. The summed E-state index contributed by atoms with van der Waals surface area (Å²) in [5.41, 5.74) is 5.75. The number of phenols is 1. The van der Waals surface area contributed by atoms with Crippen LogP contribution < -0.4 is 5.73 Å². The van der Waals surface area contributed by atoms with E-state index in [0.717, 1.165) is 0 Å². The molecule has 0 aromatic heterocycles. The molecule has 0 aliphatic rings. The number of rotatable bonds is 3. The molecule has 0 spiro atoms. The van der Waals surface area contributed by atoms with Crippen molar-refractivity contribution in [1.29, 1.82) is 0 Å². The third kappa shape index (κ3) is 3.64. The van der Waals surface area contributed by atoms with Crippen molar-refractivity contribution < 1.29 is 16.4 Å². The molecule has 4 nitrogen and oxygen atoms in total. The molecule has 0 aliphatic carbocycles. The van der Waals surface area contributed by atoms with Crippen LogP contribution in [-0.2, 0) is 11.2 Å². The van der Waals surface area contributed by atoms with Gasteiger partial charge in [0.1, 0.15) is 11.8 Å². The SMILES string of the molecule is Cl.[2H][C@@H](c1ccc(O)cc1)[C@H]([15NH2])C(=O)O. The second kappa shape index (κ2) is 5.47. The van der Waals surface area contributed by atoms with Gasteiger partial charge in [-0.25, -0.2) is 0 Å². The molecule has 0 aliphatic heterocycles. The fraction of sp³-hybridized carbons (Fsp3) is 0.222. The maximum atomic E-state index is 10.5. The van der Waals surface area contributed by atoms with Crippen LogP contribution in [0.1, 0.15) is 6.93 Å². The van der Waals surface area contributed by atoms with Crippen LogP contribution in [0.15, 0.2) is 24.3 Å². The quantitative estimate of drug-likeness (QED) is 0.656. The van der Waals surface area contributed by atoms with Crippen molar-refractivity contribution in [3.05, 3.63) is 29.8 Å². The first kappa shape index (κ1) is 10.8. The van der Waals surface area contributed by atoms with Crippen LogP contribution >= 0.6 is 12.4 Å². The van der Waals surface area contributed by atoms with E-state index in [4.69, 9.17) is 17.3 Å². The number of carboxylic acids is 1. The van der Waals surface area contributed by atoms with Gasteiger partial charge < -0.3 is 15.9 Å². The molecule has 1 aromatic rings. The summed E-state index contributed by atoms with van der Waals surface area (Å²) in [6, 6.07) is 4.50. The lowest BCUT2D eigenvalue weighted by Gasteiger charge is -2.05. The molecule has 0 heterocycles. The lowest BCUT2D eigenvalue weighted by molar-refractivity contribution is -0.138. The van der Waals surface area contributed by atoms with E-state index < -0.39 is 18.4 Å². The van der Waals surface area contributed by atoms with E-state index in [1.165, 1.54) is 24.3 Å². The maximum absolute atomic E-state index is 10.5. The predicted molar refractivity (Wildman–Crippen MR) is 54.7 cm³/mol. The monoisotopic (exact) mass is 219 g/mol. The molecule has 5 heteroatoms. The molecule has 0 unspecified atom stereocenters. The lowest BCUT2D eigenvalue weighted by Crippen LogP contribution is -2.32.